The summed E-state index contributed by atoms with van der Waals surface area (Å²) in [5, 5.41) is 8.16. The lowest BCUT2D eigenvalue weighted by atomic mass is 10.1. The molecular weight excluding hydrogens is 520 g/mol. The molecule has 37 heavy (non-hydrogen) atoms. The zero-order valence-electron chi connectivity index (χ0n) is 20.0. The van der Waals surface area contributed by atoms with Crippen molar-refractivity contribution in [3.05, 3.63) is 70.9 Å². The maximum Gasteiger partial charge on any atom is 0.332 e. The van der Waals surface area contributed by atoms with Crippen LogP contribution in [-0.2, 0) is 24.8 Å². The van der Waals surface area contributed by atoms with Crippen molar-refractivity contribution in [2.24, 2.45) is 4.99 Å². The molecule has 12 nitrogen and oxygen atoms in total. The third-order valence-corrected chi connectivity index (χ3v) is 8.43. The Kier molecular flexibility index (Phi) is 7.08. The molecular formula is C23H26N6O6S2. The number of sulfonamides is 2. The Morgan fingerprint density at radius 1 is 0.865 bits per heavy atom. The van der Waals surface area contributed by atoms with Gasteiger partial charge in [-0.15, -0.1) is 0 Å². The van der Waals surface area contributed by atoms with Gasteiger partial charge in [0.05, 0.1) is 9.79 Å². The minimum Gasteiger partial charge on any atom is -0.339 e. The summed E-state index contributed by atoms with van der Waals surface area (Å²) in [7, 11) is -8.64. The van der Waals surface area contributed by atoms with Crippen LogP contribution in [0.4, 0.5) is 4.79 Å². The first kappa shape index (κ1) is 26.3. The summed E-state index contributed by atoms with van der Waals surface area (Å²) in [6.07, 6.45) is 1.77. The average molecular weight is 547 g/mol. The van der Waals surface area contributed by atoms with Crippen molar-refractivity contribution < 1.29 is 26.4 Å². The normalized spacial score (nSPS) is 19.4. The summed E-state index contributed by atoms with van der Waals surface area (Å²) >= 11 is 0. The number of carbonyl (C=O) groups excluding carboxylic acids is 2. The molecule has 0 saturated heterocycles. The van der Waals surface area contributed by atoms with Gasteiger partial charge in [-0.25, -0.2) is 36.1 Å². The molecule has 2 aliphatic rings. The van der Waals surface area contributed by atoms with Crippen molar-refractivity contribution >= 4 is 38.2 Å². The maximum atomic E-state index is 13.4. The molecule has 0 fully saturated rings. The number of carbonyl (C=O) groups is 2. The van der Waals surface area contributed by atoms with Crippen LogP contribution in [0.15, 0.2) is 74.6 Å². The van der Waals surface area contributed by atoms with Gasteiger partial charge in [-0.2, -0.15) is 0 Å². The van der Waals surface area contributed by atoms with Crippen molar-refractivity contribution in [1.29, 1.82) is 0 Å². The number of rotatable bonds is 6. The summed E-state index contributed by atoms with van der Waals surface area (Å²) < 4.78 is 54.9. The molecule has 0 radical (unpaired) electrons. The second kappa shape index (κ2) is 9.95. The Balaban J connectivity index is 1.61. The minimum atomic E-state index is -4.34. The molecule has 0 saturated carbocycles. The molecule has 4 rings (SSSR count). The van der Waals surface area contributed by atoms with Crippen LogP contribution in [0.5, 0.6) is 0 Å². The van der Waals surface area contributed by atoms with Crippen LogP contribution in [0, 0.1) is 13.8 Å². The third-order valence-electron chi connectivity index (χ3n) is 5.74. The summed E-state index contributed by atoms with van der Waals surface area (Å²) in [6, 6.07) is 10.3. The number of nitrogens with zero attached hydrogens (tertiary/aromatic N) is 1. The third kappa shape index (κ3) is 5.81. The van der Waals surface area contributed by atoms with Gasteiger partial charge in [0.2, 0.25) is 0 Å². The first-order valence-electron chi connectivity index (χ1n) is 11.2. The van der Waals surface area contributed by atoms with Gasteiger partial charge in [-0.3, -0.25) is 10.1 Å². The highest BCUT2D eigenvalue weighted by atomic mass is 32.2. The maximum absolute atomic E-state index is 13.4. The first-order chi connectivity index (χ1) is 17.4. The van der Waals surface area contributed by atoms with Crippen molar-refractivity contribution in [2.75, 3.05) is 13.1 Å². The van der Waals surface area contributed by atoms with Gasteiger partial charge >= 0.3 is 11.9 Å². The number of benzene rings is 2. The topological polar surface area (TPSA) is 175 Å². The fourth-order valence-corrected chi connectivity index (χ4v) is 5.60. The molecule has 2 aromatic carbocycles. The van der Waals surface area contributed by atoms with Crippen LogP contribution in [0.3, 0.4) is 0 Å². The second-order valence-electron chi connectivity index (χ2n) is 8.64. The molecule has 0 bridgehead atoms. The fourth-order valence-electron chi connectivity index (χ4n) is 3.69. The summed E-state index contributed by atoms with van der Waals surface area (Å²) in [5.41, 5.74) is 2.91. The van der Waals surface area contributed by atoms with Gasteiger partial charge < -0.3 is 10.6 Å². The van der Waals surface area contributed by atoms with Gasteiger partial charge in [0, 0.05) is 37.0 Å². The van der Waals surface area contributed by atoms with E-state index in [-0.39, 0.29) is 9.79 Å². The highest BCUT2D eigenvalue weighted by Crippen LogP contribution is 2.21. The lowest BCUT2D eigenvalue weighted by molar-refractivity contribution is -0.126. The molecule has 1 atom stereocenters. The number of nitrogens with one attached hydrogen (secondary N) is 5. The number of aliphatic imine (C=N–C) groups is 1. The average Bonchev–Trinajstić information content (AvgIpc) is 2.83. The molecule has 0 aliphatic carbocycles. The SMILES string of the molecule is Cc1ccc(S(=O)(=O)NC(=O)NC2(C(=O)NS(=O)(=O)c3ccc(C)cc3)N=CC3=C(CCNC3)N2)cc1. The van der Waals surface area contributed by atoms with E-state index in [2.05, 4.69) is 20.9 Å². The summed E-state index contributed by atoms with van der Waals surface area (Å²) in [5.74, 6) is -3.56. The van der Waals surface area contributed by atoms with Gasteiger partial charge in [-0.1, -0.05) is 35.4 Å². The van der Waals surface area contributed by atoms with Crippen LogP contribution in [0.25, 0.3) is 0 Å². The zero-order chi connectivity index (χ0) is 26.8. The first-order valence-corrected chi connectivity index (χ1v) is 14.2. The molecule has 196 valence electrons. The fraction of sp³-hybridized carbons (Fsp3) is 0.261. The molecule has 5 N–H and O–H groups in total. The Hall–Kier alpha value is -3.75. The lowest BCUT2D eigenvalue weighted by Crippen LogP contribution is -2.69. The predicted octanol–water partition coefficient (Wildman–Crippen LogP) is 0.372. The van der Waals surface area contributed by atoms with Gasteiger partial charge in [0.1, 0.15) is 0 Å². The molecule has 14 heteroatoms. The highest BCUT2D eigenvalue weighted by Gasteiger charge is 2.45. The Bertz CT molecular complexity index is 1500. The number of aryl methyl sites for hydroxylation is 2. The van der Waals surface area contributed by atoms with Crippen LogP contribution >= 0.6 is 0 Å². The van der Waals surface area contributed by atoms with Crippen molar-refractivity contribution in [2.45, 2.75) is 35.8 Å². The van der Waals surface area contributed by atoms with E-state index in [0.717, 1.165) is 11.1 Å². The van der Waals surface area contributed by atoms with Crippen LogP contribution in [0.2, 0.25) is 0 Å². The quantitative estimate of drug-likeness (QED) is 0.345. The van der Waals surface area contributed by atoms with E-state index >= 15 is 0 Å². The van der Waals surface area contributed by atoms with Crippen molar-refractivity contribution in [3.63, 3.8) is 0 Å². The molecule has 2 heterocycles. The minimum absolute atomic E-state index is 0.169. The number of amides is 3. The predicted molar refractivity (Wildman–Crippen MR) is 135 cm³/mol. The lowest BCUT2D eigenvalue weighted by Gasteiger charge is -2.36. The van der Waals surface area contributed by atoms with Crippen molar-refractivity contribution in [1.82, 2.24) is 25.4 Å². The van der Waals surface area contributed by atoms with Gasteiger partial charge in [-0.05, 0) is 38.1 Å². The van der Waals surface area contributed by atoms with Crippen LogP contribution in [0.1, 0.15) is 17.5 Å². The summed E-state index contributed by atoms with van der Waals surface area (Å²) in [4.78, 5) is 30.0. The molecule has 2 aromatic rings. The van der Waals surface area contributed by atoms with E-state index in [0.29, 0.717) is 30.8 Å². The van der Waals surface area contributed by atoms with Crippen LogP contribution < -0.4 is 25.4 Å². The standard InChI is InChI=1S/C23H26N6O6S2/c1-15-3-7-18(8-4-15)36(32,33)28-21(30)23(25-14-17-13-24-12-11-20(17)26-23)27-22(31)29-37(34,35)19-9-5-16(2)6-10-19/h3-10,14,24,26H,11-13H2,1-2H3,(H,28,30)(H2,27,29,31). The van der Waals surface area contributed by atoms with E-state index in [1.54, 1.807) is 38.1 Å². The highest BCUT2D eigenvalue weighted by molar-refractivity contribution is 7.90. The zero-order valence-corrected chi connectivity index (χ0v) is 21.7. The Morgan fingerprint density at radius 2 is 1.41 bits per heavy atom. The molecule has 1 unspecified atom stereocenters. The molecule has 0 aromatic heterocycles. The second-order valence-corrected chi connectivity index (χ2v) is 12.0. The Morgan fingerprint density at radius 3 is 1.97 bits per heavy atom. The largest absolute Gasteiger partial charge is 0.339 e. The number of urea groups is 1. The Labute approximate surface area is 214 Å². The number of hydrogen-bond donors (Lipinski definition) is 5. The molecule has 3 amide bonds. The van der Waals surface area contributed by atoms with E-state index in [9.17, 15) is 26.4 Å². The van der Waals surface area contributed by atoms with E-state index in [1.165, 1.54) is 30.5 Å². The van der Waals surface area contributed by atoms with Crippen LogP contribution in [-0.4, -0.2) is 53.9 Å². The monoisotopic (exact) mass is 546 g/mol. The smallest absolute Gasteiger partial charge is 0.332 e. The van der Waals surface area contributed by atoms with E-state index in [4.69, 9.17) is 0 Å². The molecule has 2 aliphatic heterocycles. The van der Waals surface area contributed by atoms with E-state index in [1.807, 2.05) is 9.44 Å². The van der Waals surface area contributed by atoms with Gasteiger partial charge in [0.15, 0.2) is 0 Å². The summed E-state index contributed by atoms with van der Waals surface area (Å²) in [6.45, 7) is 4.56. The molecule has 0 spiro atoms. The van der Waals surface area contributed by atoms with Gasteiger partial charge in [0.25, 0.3) is 25.8 Å². The number of hydrogen-bond acceptors (Lipinski definition) is 9. The van der Waals surface area contributed by atoms with Crippen molar-refractivity contribution in [3.8, 4) is 0 Å². The van der Waals surface area contributed by atoms with E-state index < -0.39 is 37.8 Å².